The summed E-state index contributed by atoms with van der Waals surface area (Å²) >= 11 is 7.29. The van der Waals surface area contributed by atoms with E-state index in [2.05, 4.69) is 10.0 Å². The van der Waals surface area contributed by atoms with Crippen LogP contribution in [0.1, 0.15) is 16.0 Å². The van der Waals surface area contributed by atoms with Crippen LogP contribution in [0.2, 0.25) is 5.02 Å². The number of halogens is 1. The SMILES string of the molecule is CNCc1sc(S(=O)(=O)Nc2cccc(Cl)c2C)cc1C. The molecule has 0 atom stereocenters. The number of nitrogens with one attached hydrogen (secondary N) is 2. The van der Waals surface area contributed by atoms with E-state index in [-0.39, 0.29) is 0 Å². The molecule has 0 saturated carbocycles. The topological polar surface area (TPSA) is 58.2 Å². The first-order chi connectivity index (χ1) is 9.85. The molecule has 0 spiro atoms. The quantitative estimate of drug-likeness (QED) is 0.872. The van der Waals surface area contributed by atoms with Crippen molar-refractivity contribution < 1.29 is 8.42 Å². The van der Waals surface area contributed by atoms with Gasteiger partial charge in [-0.15, -0.1) is 11.3 Å². The van der Waals surface area contributed by atoms with Gasteiger partial charge in [0.05, 0.1) is 5.69 Å². The Balaban J connectivity index is 2.34. The summed E-state index contributed by atoms with van der Waals surface area (Å²) in [5.41, 5.74) is 2.19. The second-order valence-corrected chi connectivity index (χ2v) is 8.17. The minimum absolute atomic E-state index is 0.310. The van der Waals surface area contributed by atoms with Crippen LogP contribution in [0.5, 0.6) is 0 Å². The largest absolute Gasteiger partial charge is 0.315 e. The normalized spacial score (nSPS) is 11.6. The minimum Gasteiger partial charge on any atom is -0.315 e. The molecular formula is C14H17ClN2O2S2. The first kappa shape index (κ1) is 16.3. The van der Waals surface area contributed by atoms with E-state index in [1.807, 2.05) is 14.0 Å². The van der Waals surface area contributed by atoms with Crippen molar-refractivity contribution in [3.05, 3.63) is 45.3 Å². The molecule has 2 N–H and O–H groups in total. The molecule has 0 radical (unpaired) electrons. The van der Waals surface area contributed by atoms with E-state index >= 15 is 0 Å². The van der Waals surface area contributed by atoms with Crippen LogP contribution in [0.25, 0.3) is 0 Å². The Bertz CT molecular complexity index is 754. The minimum atomic E-state index is -3.59. The maximum atomic E-state index is 12.5. The van der Waals surface area contributed by atoms with Crippen molar-refractivity contribution in [3.8, 4) is 0 Å². The van der Waals surface area contributed by atoms with Crippen molar-refractivity contribution in [2.75, 3.05) is 11.8 Å². The fraction of sp³-hybridized carbons (Fsp3) is 0.286. The number of hydrogen-bond acceptors (Lipinski definition) is 4. The maximum Gasteiger partial charge on any atom is 0.271 e. The number of thiophene rings is 1. The molecule has 7 heteroatoms. The van der Waals surface area contributed by atoms with Gasteiger partial charge >= 0.3 is 0 Å². The zero-order valence-corrected chi connectivity index (χ0v) is 14.4. The van der Waals surface area contributed by atoms with Crippen molar-refractivity contribution >= 4 is 38.6 Å². The van der Waals surface area contributed by atoms with Gasteiger partial charge in [-0.2, -0.15) is 0 Å². The highest BCUT2D eigenvalue weighted by atomic mass is 35.5. The molecule has 2 aromatic rings. The Hall–Kier alpha value is -1.08. The predicted molar refractivity (Wildman–Crippen MR) is 88.8 cm³/mol. The average molecular weight is 345 g/mol. The summed E-state index contributed by atoms with van der Waals surface area (Å²) in [6, 6.07) is 6.85. The summed E-state index contributed by atoms with van der Waals surface area (Å²) in [5, 5.41) is 3.57. The van der Waals surface area contributed by atoms with Crippen LogP contribution in [0.4, 0.5) is 5.69 Å². The summed E-state index contributed by atoms with van der Waals surface area (Å²) in [7, 11) is -1.76. The van der Waals surface area contributed by atoms with Gasteiger partial charge in [-0.25, -0.2) is 8.42 Å². The standard InChI is InChI=1S/C14H17ClN2O2S2/c1-9-7-14(20-13(9)8-16-3)21(18,19)17-12-6-4-5-11(15)10(12)2/h4-7,16-17H,8H2,1-3H3. The van der Waals surface area contributed by atoms with Gasteiger partial charge in [0, 0.05) is 16.4 Å². The van der Waals surface area contributed by atoms with Crippen molar-refractivity contribution in [1.82, 2.24) is 5.32 Å². The van der Waals surface area contributed by atoms with E-state index in [1.165, 1.54) is 11.3 Å². The number of aryl methyl sites for hydroxylation is 1. The zero-order chi connectivity index (χ0) is 15.6. The lowest BCUT2D eigenvalue weighted by atomic mass is 10.2. The van der Waals surface area contributed by atoms with Crippen molar-refractivity contribution in [1.29, 1.82) is 0 Å². The second-order valence-electron chi connectivity index (χ2n) is 4.72. The molecule has 2 rings (SSSR count). The fourth-order valence-electron chi connectivity index (χ4n) is 1.87. The van der Waals surface area contributed by atoms with Gasteiger partial charge in [0.2, 0.25) is 0 Å². The van der Waals surface area contributed by atoms with Crippen LogP contribution >= 0.6 is 22.9 Å². The van der Waals surface area contributed by atoms with Crippen molar-refractivity contribution in [2.24, 2.45) is 0 Å². The molecule has 0 unspecified atom stereocenters. The second kappa shape index (κ2) is 6.36. The predicted octanol–water partition coefficient (Wildman–Crippen LogP) is 3.54. The van der Waals surface area contributed by atoms with Gasteiger partial charge in [-0.3, -0.25) is 4.72 Å². The third kappa shape index (κ3) is 3.58. The van der Waals surface area contributed by atoms with Crippen LogP contribution in [0.15, 0.2) is 28.5 Å². The van der Waals surface area contributed by atoms with E-state index < -0.39 is 10.0 Å². The first-order valence-electron chi connectivity index (χ1n) is 6.37. The van der Waals surface area contributed by atoms with E-state index in [0.29, 0.717) is 27.0 Å². The Morgan fingerprint density at radius 1 is 1.29 bits per heavy atom. The van der Waals surface area contributed by atoms with Crippen molar-refractivity contribution in [2.45, 2.75) is 24.6 Å². The molecule has 0 aliphatic heterocycles. The molecule has 0 bridgehead atoms. The molecule has 1 aromatic heterocycles. The van der Waals surface area contributed by atoms with E-state index in [1.54, 1.807) is 31.2 Å². The Labute approximate surface area is 134 Å². The molecule has 1 aromatic carbocycles. The Morgan fingerprint density at radius 3 is 2.67 bits per heavy atom. The van der Waals surface area contributed by atoms with Gasteiger partial charge in [-0.1, -0.05) is 17.7 Å². The number of rotatable bonds is 5. The molecule has 0 saturated heterocycles. The molecule has 4 nitrogen and oxygen atoms in total. The number of hydrogen-bond donors (Lipinski definition) is 2. The average Bonchev–Trinajstić information content (AvgIpc) is 2.78. The van der Waals surface area contributed by atoms with Crippen molar-refractivity contribution in [3.63, 3.8) is 0 Å². The van der Waals surface area contributed by atoms with Crippen LogP contribution < -0.4 is 10.0 Å². The van der Waals surface area contributed by atoms with E-state index in [4.69, 9.17) is 11.6 Å². The Morgan fingerprint density at radius 2 is 2.00 bits per heavy atom. The molecule has 21 heavy (non-hydrogen) atoms. The van der Waals surface area contributed by atoms with Gasteiger partial charge in [0.1, 0.15) is 4.21 Å². The van der Waals surface area contributed by atoms with Gasteiger partial charge in [-0.05, 0) is 50.2 Å². The van der Waals surface area contributed by atoms with Gasteiger partial charge in [0.15, 0.2) is 0 Å². The van der Waals surface area contributed by atoms with Gasteiger partial charge in [0.25, 0.3) is 10.0 Å². The lowest BCUT2D eigenvalue weighted by molar-refractivity contribution is 0.603. The summed E-state index contributed by atoms with van der Waals surface area (Å²) in [5.74, 6) is 0. The molecule has 1 heterocycles. The maximum absolute atomic E-state index is 12.5. The molecule has 0 aliphatic carbocycles. The highest BCUT2D eigenvalue weighted by molar-refractivity contribution is 7.94. The monoisotopic (exact) mass is 344 g/mol. The lowest BCUT2D eigenvalue weighted by Gasteiger charge is -2.10. The zero-order valence-electron chi connectivity index (χ0n) is 12.0. The summed E-state index contributed by atoms with van der Waals surface area (Å²) in [4.78, 5) is 1.01. The van der Waals surface area contributed by atoms with Gasteiger partial charge < -0.3 is 5.32 Å². The molecule has 114 valence electrons. The molecule has 0 aliphatic rings. The van der Waals surface area contributed by atoms with Crippen LogP contribution in [-0.4, -0.2) is 15.5 Å². The van der Waals surface area contributed by atoms with E-state index in [0.717, 1.165) is 10.4 Å². The molecule has 0 amide bonds. The molecular weight excluding hydrogens is 328 g/mol. The Kier molecular flexibility index (Phi) is 4.93. The third-order valence-electron chi connectivity index (χ3n) is 3.11. The van der Waals surface area contributed by atoms with E-state index in [9.17, 15) is 8.42 Å². The summed E-state index contributed by atoms with van der Waals surface area (Å²) in [6.07, 6.45) is 0. The fourth-order valence-corrected chi connectivity index (χ4v) is 4.77. The highest BCUT2D eigenvalue weighted by Crippen LogP contribution is 2.30. The van der Waals surface area contributed by atoms with Crippen LogP contribution in [0, 0.1) is 13.8 Å². The number of benzene rings is 1. The number of sulfonamides is 1. The van der Waals surface area contributed by atoms with Crippen LogP contribution in [-0.2, 0) is 16.6 Å². The number of anilines is 1. The summed E-state index contributed by atoms with van der Waals surface area (Å²) in [6.45, 7) is 4.35. The lowest BCUT2D eigenvalue weighted by Crippen LogP contribution is -2.12. The highest BCUT2D eigenvalue weighted by Gasteiger charge is 2.20. The van der Waals surface area contributed by atoms with Crippen LogP contribution in [0.3, 0.4) is 0 Å². The molecule has 0 fully saturated rings. The summed E-state index contributed by atoms with van der Waals surface area (Å²) < 4.78 is 27.9. The third-order valence-corrected chi connectivity index (χ3v) is 6.60. The smallest absolute Gasteiger partial charge is 0.271 e. The first-order valence-corrected chi connectivity index (χ1v) is 9.04.